The van der Waals surface area contributed by atoms with E-state index in [-0.39, 0.29) is 0 Å². The van der Waals surface area contributed by atoms with E-state index in [1.165, 1.54) is 14.9 Å². The first-order valence-electron chi connectivity index (χ1n) is 6.43. The van der Waals surface area contributed by atoms with E-state index in [1.807, 2.05) is 6.07 Å². The summed E-state index contributed by atoms with van der Waals surface area (Å²) in [7, 11) is 1.68. The van der Waals surface area contributed by atoms with E-state index >= 15 is 0 Å². The Labute approximate surface area is 140 Å². The summed E-state index contributed by atoms with van der Waals surface area (Å²) in [5.41, 5.74) is 2.61. The Morgan fingerprint density at radius 3 is 2.65 bits per heavy atom. The van der Waals surface area contributed by atoms with Crippen LogP contribution in [-0.4, -0.2) is 13.7 Å². The molecule has 0 saturated heterocycles. The van der Waals surface area contributed by atoms with Crippen LogP contribution in [0.2, 0.25) is 0 Å². The topological polar surface area (TPSA) is 21.3 Å². The van der Waals surface area contributed by atoms with Crippen LogP contribution < -0.4 is 10.1 Å². The number of hydrogen-bond donors (Lipinski definition) is 1. The van der Waals surface area contributed by atoms with Gasteiger partial charge in [-0.1, -0.05) is 13.0 Å². The highest BCUT2D eigenvalue weighted by molar-refractivity contribution is 9.11. The number of nitrogens with one attached hydrogen (secondary N) is 1. The molecule has 108 valence electrons. The van der Waals surface area contributed by atoms with Gasteiger partial charge in [-0.25, -0.2) is 0 Å². The van der Waals surface area contributed by atoms with Gasteiger partial charge in [0, 0.05) is 6.04 Å². The number of likely N-dealkylation sites (N-methyl/N-ethyl adjacent to an activating group) is 1. The highest BCUT2D eigenvalue weighted by Gasteiger charge is 2.13. The molecule has 0 aliphatic carbocycles. The van der Waals surface area contributed by atoms with Gasteiger partial charge in [0.2, 0.25) is 0 Å². The fourth-order valence-electron chi connectivity index (χ4n) is 2.13. The fourth-order valence-corrected chi connectivity index (χ4v) is 3.95. The van der Waals surface area contributed by atoms with Crippen molar-refractivity contribution in [2.24, 2.45) is 0 Å². The second kappa shape index (κ2) is 7.59. The van der Waals surface area contributed by atoms with Crippen LogP contribution in [0.3, 0.4) is 0 Å². The molecule has 0 aliphatic rings. The Balaban J connectivity index is 2.17. The van der Waals surface area contributed by atoms with Crippen molar-refractivity contribution in [3.05, 3.63) is 49.0 Å². The van der Waals surface area contributed by atoms with Gasteiger partial charge in [0.25, 0.3) is 0 Å². The number of methoxy groups -OCH3 is 1. The van der Waals surface area contributed by atoms with E-state index < -0.39 is 0 Å². The van der Waals surface area contributed by atoms with Crippen LogP contribution in [0.5, 0.6) is 5.75 Å². The third kappa shape index (κ3) is 4.07. The summed E-state index contributed by atoms with van der Waals surface area (Å²) in [6.07, 6.45) is 0.958. The van der Waals surface area contributed by atoms with Gasteiger partial charge in [0.1, 0.15) is 5.75 Å². The van der Waals surface area contributed by atoms with E-state index in [1.54, 1.807) is 18.4 Å². The van der Waals surface area contributed by atoms with Gasteiger partial charge in [-0.2, -0.15) is 0 Å². The largest absolute Gasteiger partial charge is 0.496 e. The molecule has 2 nitrogen and oxygen atoms in total. The Morgan fingerprint density at radius 1 is 1.30 bits per heavy atom. The van der Waals surface area contributed by atoms with Gasteiger partial charge in [-0.3, -0.25) is 0 Å². The average Bonchev–Trinajstić information content (AvgIpc) is 2.85. The third-order valence-electron chi connectivity index (χ3n) is 3.10. The summed E-state index contributed by atoms with van der Waals surface area (Å²) in [6, 6.07) is 8.78. The van der Waals surface area contributed by atoms with Crippen LogP contribution in [0.15, 0.2) is 37.9 Å². The molecule has 1 aromatic heterocycles. The quantitative estimate of drug-likeness (QED) is 0.698. The summed E-state index contributed by atoms with van der Waals surface area (Å²) < 4.78 is 7.45. The van der Waals surface area contributed by atoms with Crippen LogP contribution in [0.25, 0.3) is 0 Å². The van der Waals surface area contributed by atoms with Gasteiger partial charge in [-0.15, -0.1) is 11.3 Å². The first-order chi connectivity index (χ1) is 9.63. The predicted molar refractivity (Wildman–Crippen MR) is 92.8 cm³/mol. The van der Waals surface area contributed by atoms with Crippen molar-refractivity contribution < 1.29 is 4.74 Å². The Bertz CT molecular complexity index is 571. The molecule has 0 radical (unpaired) electrons. The minimum Gasteiger partial charge on any atom is -0.496 e. The molecule has 0 saturated carbocycles. The molecule has 1 atom stereocenters. The van der Waals surface area contributed by atoms with Gasteiger partial charge >= 0.3 is 0 Å². The molecule has 1 unspecified atom stereocenters. The van der Waals surface area contributed by atoms with Crippen molar-refractivity contribution in [1.82, 2.24) is 5.32 Å². The van der Waals surface area contributed by atoms with E-state index in [4.69, 9.17) is 4.74 Å². The molecule has 0 fully saturated rings. The number of halogens is 2. The summed E-state index contributed by atoms with van der Waals surface area (Å²) in [6.45, 7) is 3.09. The first-order valence-corrected chi connectivity index (χ1v) is 8.90. The third-order valence-corrected chi connectivity index (χ3v) is 5.24. The Kier molecular flexibility index (Phi) is 6.08. The molecule has 0 bridgehead atoms. The molecular formula is C15H17Br2NOS. The van der Waals surface area contributed by atoms with Gasteiger partial charge in [-0.05, 0) is 79.5 Å². The summed E-state index contributed by atoms with van der Waals surface area (Å²) in [5.74, 6) is 0.868. The van der Waals surface area contributed by atoms with E-state index in [0.29, 0.717) is 6.04 Å². The van der Waals surface area contributed by atoms with Crippen molar-refractivity contribution in [3.8, 4) is 5.75 Å². The van der Waals surface area contributed by atoms with Gasteiger partial charge in [0.15, 0.2) is 0 Å². The Hall–Kier alpha value is -0.360. The Morgan fingerprint density at radius 2 is 2.10 bits per heavy atom. The molecule has 2 aromatic rings. The lowest BCUT2D eigenvalue weighted by Crippen LogP contribution is -2.22. The standard InChI is InChI=1S/C15H17Br2NOS/c1-3-18-13(11-8-15(17)20-9-11)7-10-4-5-14(19-2)12(16)6-10/h4-6,8-9,13,18H,3,7H2,1-2H3. The maximum atomic E-state index is 5.27. The first kappa shape index (κ1) is 16.0. The highest BCUT2D eigenvalue weighted by atomic mass is 79.9. The van der Waals surface area contributed by atoms with Crippen molar-refractivity contribution in [2.75, 3.05) is 13.7 Å². The molecular weight excluding hydrogens is 402 g/mol. The second-order valence-electron chi connectivity index (χ2n) is 4.47. The van der Waals surface area contributed by atoms with Crippen LogP contribution in [0, 0.1) is 0 Å². The van der Waals surface area contributed by atoms with Gasteiger partial charge < -0.3 is 10.1 Å². The zero-order valence-corrected chi connectivity index (χ0v) is 15.4. The fraction of sp³-hybridized carbons (Fsp3) is 0.333. The number of hydrogen-bond acceptors (Lipinski definition) is 3. The smallest absolute Gasteiger partial charge is 0.133 e. The normalized spacial score (nSPS) is 12.4. The molecule has 0 spiro atoms. The molecule has 2 rings (SSSR count). The average molecular weight is 419 g/mol. The summed E-state index contributed by atoms with van der Waals surface area (Å²) in [4.78, 5) is 0. The van der Waals surface area contributed by atoms with E-state index in [9.17, 15) is 0 Å². The van der Waals surface area contributed by atoms with Crippen molar-refractivity contribution in [3.63, 3.8) is 0 Å². The number of thiophene rings is 1. The second-order valence-corrected chi connectivity index (χ2v) is 7.61. The zero-order valence-electron chi connectivity index (χ0n) is 11.5. The van der Waals surface area contributed by atoms with Gasteiger partial charge in [0.05, 0.1) is 15.4 Å². The molecule has 0 amide bonds. The molecule has 0 aliphatic heterocycles. The monoisotopic (exact) mass is 417 g/mol. The maximum absolute atomic E-state index is 5.27. The number of rotatable bonds is 6. The lowest BCUT2D eigenvalue weighted by atomic mass is 10.0. The van der Waals surface area contributed by atoms with Crippen molar-refractivity contribution in [2.45, 2.75) is 19.4 Å². The van der Waals surface area contributed by atoms with Crippen molar-refractivity contribution in [1.29, 1.82) is 0 Å². The van der Waals surface area contributed by atoms with Crippen LogP contribution in [-0.2, 0) is 6.42 Å². The lowest BCUT2D eigenvalue weighted by Gasteiger charge is -2.17. The highest BCUT2D eigenvalue weighted by Crippen LogP contribution is 2.30. The molecule has 1 aromatic carbocycles. The molecule has 20 heavy (non-hydrogen) atoms. The zero-order chi connectivity index (χ0) is 14.5. The predicted octanol–water partition coefficient (Wildman–Crippen LogP) is 5.18. The number of benzene rings is 1. The minimum atomic E-state index is 0.336. The molecule has 1 heterocycles. The van der Waals surface area contributed by atoms with Crippen LogP contribution in [0.4, 0.5) is 0 Å². The van der Waals surface area contributed by atoms with Crippen molar-refractivity contribution >= 4 is 43.2 Å². The minimum absolute atomic E-state index is 0.336. The van der Waals surface area contributed by atoms with Crippen LogP contribution in [0.1, 0.15) is 24.1 Å². The number of ether oxygens (including phenoxy) is 1. The van der Waals surface area contributed by atoms with Crippen LogP contribution >= 0.6 is 43.2 Å². The molecule has 5 heteroatoms. The summed E-state index contributed by atoms with van der Waals surface area (Å²) >= 11 is 8.81. The summed E-state index contributed by atoms with van der Waals surface area (Å²) in [5, 5.41) is 5.75. The molecule has 1 N–H and O–H groups in total. The SMILES string of the molecule is CCNC(Cc1ccc(OC)c(Br)c1)c1csc(Br)c1. The lowest BCUT2D eigenvalue weighted by molar-refractivity contribution is 0.412. The maximum Gasteiger partial charge on any atom is 0.133 e. The van der Waals surface area contributed by atoms with E-state index in [0.717, 1.165) is 23.2 Å². The van der Waals surface area contributed by atoms with E-state index in [2.05, 4.69) is 67.7 Å².